The zero-order valence-electron chi connectivity index (χ0n) is 12.9. The molecule has 2 rings (SSSR count). The highest BCUT2D eigenvalue weighted by Gasteiger charge is 2.33. The maximum Gasteiger partial charge on any atom is 0.317 e. The zero-order valence-corrected chi connectivity index (χ0v) is 12.9. The molecular formula is C16H25N3O2. The molecule has 1 saturated heterocycles. The van der Waals surface area contributed by atoms with E-state index in [2.05, 4.69) is 17.2 Å². The molecule has 0 spiro atoms. The average molecular weight is 291 g/mol. The number of piperidine rings is 1. The number of carbonyl (C=O) groups is 1. The highest BCUT2D eigenvalue weighted by atomic mass is 16.3. The van der Waals surface area contributed by atoms with Crippen LogP contribution in [0.1, 0.15) is 37.4 Å². The van der Waals surface area contributed by atoms with Gasteiger partial charge in [0, 0.05) is 25.9 Å². The van der Waals surface area contributed by atoms with E-state index in [4.69, 9.17) is 0 Å². The van der Waals surface area contributed by atoms with Gasteiger partial charge in [-0.15, -0.1) is 0 Å². The summed E-state index contributed by atoms with van der Waals surface area (Å²) < 4.78 is 0. The van der Waals surface area contributed by atoms with Crippen LogP contribution in [0, 0.1) is 12.3 Å². The minimum absolute atomic E-state index is 0.00829. The first-order valence-electron chi connectivity index (χ1n) is 7.64. The Kier molecular flexibility index (Phi) is 5.17. The topological polar surface area (TPSA) is 65.5 Å². The van der Waals surface area contributed by atoms with Crippen molar-refractivity contribution in [2.75, 3.05) is 19.7 Å². The number of hydrogen-bond donors (Lipinski definition) is 2. The molecule has 0 saturated carbocycles. The number of likely N-dealkylation sites (tertiary alicyclic amines) is 1. The molecule has 0 unspecified atom stereocenters. The van der Waals surface area contributed by atoms with Crippen LogP contribution in [0.3, 0.4) is 0 Å². The van der Waals surface area contributed by atoms with Gasteiger partial charge in [-0.2, -0.15) is 0 Å². The Morgan fingerprint density at radius 1 is 1.48 bits per heavy atom. The lowest BCUT2D eigenvalue weighted by atomic mass is 9.77. The molecule has 21 heavy (non-hydrogen) atoms. The number of aliphatic hydroxyl groups is 1. The Labute approximate surface area is 126 Å². The molecule has 5 nitrogen and oxygen atoms in total. The fourth-order valence-corrected chi connectivity index (χ4v) is 2.78. The summed E-state index contributed by atoms with van der Waals surface area (Å²) >= 11 is 0. The second kappa shape index (κ2) is 6.89. The van der Waals surface area contributed by atoms with Crippen molar-refractivity contribution in [1.82, 2.24) is 15.2 Å². The number of rotatable bonds is 4. The quantitative estimate of drug-likeness (QED) is 0.892. The van der Waals surface area contributed by atoms with E-state index >= 15 is 0 Å². The van der Waals surface area contributed by atoms with Crippen LogP contribution in [0.2, 0.25) is 0 Å². The average Bonchev–Trinajstić information content (AvgIpc) is 2.54. The Balaban J connectivity index is 1.84. The minimum atomic E-state index is -0.0392. The van der Waals surface area contributed by atoms with E-state index in [9.17, 15) is 9.90 Å². The fraction of sp³-hybridized carbons (Fsp3) is 0.625. The van der Waals surface area contributed by atoms with Crippen molar-refractivity contribution in [3.8, 4) is 0 Å². The van der Waals surface area contributed by atoms with Crippen molar-refractivity contribution in [1.29, 1.82) is 0 Å². The molecule has 1 aliphatic heterocycles. The van der Waals surface area contributed by atoms with Gasteiger partial charge < -0.3 is 15.3 Å². The molecule has 2 heterocycles. The molecule has 0 bridgehead atoms. The molecule has 1 fully saturated rings. The van der Waals surface area contributed by atoms with Crippen LogP contribution in [0.4, 0.5) is 4.79 Å². The first kappa shape index (κ1) is 15.8. The summed E-state index contributed by atoms with van der Waals surface area (Å²) in [5.74, 6) is 0. The smallest absolute Gasteiger partial charge is 0.317 e. The van der Waals surface area contributed by atoms with E-state index < -0.39 is 0 Å². The monoisotopic (exact) mass is 291 g/mol. The van der Waals surface area contributed by atoms with Crippen molar-refractivity contribution in [2.45, 2.75) is 39.7 Å². The molecule has 5 heteroatoms. The van der Waals surface area contributed by atoms with Crippen molar-refractivity contribution in [3.63, 3.8) is 0 Å². The highest BCUT2D eigenvalue weighted by Crippen LogP contribution is 2.34. The lowest BCUT2D eigenvalue weighted by molar-refractivity contribution is 0.0519. The zero-order chi connectivity index (χ0) is 15.3. The van der Waals surface area contributed by atoms with E-state index in [1.165, 1.54) is 0 Å². The second-order valence-corrected chi connectivity index (χ2v) is 5.92. The molecule has 2 N–H and O–H groups in total. The number of aryl methyl sites for hydroxylation is 1. The Morgan fingerprint density at radius 3 is 2.76 bits per heavy atom. The molecule has 116 valence electrons. The van der Waals surface area contributed by atoms with Gasteiger partial charge in [0.15, 0.2) is 0 Å². The molecule has 1 aliphatic rings. The normalized spacial score (nSPS) is 17.6. The van der Waals surface area contributed by atoms with Crippen LogP contribution in [-0.2, 0) is 6.54 Å². The van der Waals surface area contributed by atoms with Gasteiger partial charge in [0.2, 0.25) is 0 Å². The van der Waals surface area contributed by atoms with Gasteiger partial charge in [-0.1, -0.05) is 13.0 Å². The van der Waals surface area contributed by atoms with Gasteiger partial charge >= 0.3 is 6.03 Å². The van der Waals surface area contributed by atoms with E-state index in [-0.39, 0.29) is 18.1 Å². The standard InChI is InChI=1S/C16H25N3O2/c1-3-16(12-20)6-9-19(10-7-16)15(21)18-11-14-13(2)5-4-8-17-14/h4-5,8,20H,3,6-7,9-12H2,1-2H3,(H,18,21). The summed E-state index contributed by atoms with van der Waals surface area (Å²) in [6.45, 7) is 6.19. The van der Waals surface area contributed by atoms with Crippen LogP contribution in [-0.4, -0.2) is 40.7 Å². The Bertz CT molecular complexity index is 476. The van der Waals surface area contributed by atoms with Crippen molar-refractivity contribution >= 4 is 6.03 Å². The summed E-state index contributed by atoms with van der Waals surface area (Å²) in [4.78, 5) is 18.3. The summed E-state index contributed by atoms with van der Waals surface area (Å²) in [5, 5.41) is 12.5. The number of hydrogen-bond acceptors (Lipinski definition) is 3. The van der Waals surface area contributed by atoms with Gasteiger partial charge in [-0.25, -0.2) is 4.79 Å². The third kappa shape index (κ3) is 3.73. The minimum Gasteiger partial charge on any atom is -0.396 e. The molecule has 0 atom stereocenters. The number of aromatic nitrogens is 1. The fourth-order valence-electron chi connectivity index (χ4n) is 2.78. The lowest BCUT2D eigenvalue weighted by Crippen LogP contribution is -2.48. The van der Waals surface area contributed by atoms with Crippen molar-refractivity contribution < 1.29 is 9.90 Å². The largest absolute Gasteiger partial charge is 0.396 e. The van der Waals surface area contributed by atoms with Crippen LogP contribution in [0.5, 0.6) is 0 Å². The van der Waals surface area contributed by atoms with Crippen LogP contribution < -0.4 is 5.32 Å². The Hall–Kier alpha value is -1.62. The van der Waals surface area contributed by atoms with Gasteiger partial charge in [-0.3, -0.25) is 4.98 Å². The maximum atomic E-state index is 12.2. The summed E-state index contributed by atoms with van der Waals surface area (Å²) in [5.41, 5.74) is 2.00. The molecule has 2 amide bonds. The molecule has 0 radical (unpaired) electrons. The first-order chi connectivity index (χ1) is 10.1. The number of urea groups is 1. The predicted octanol–water partition coefficient (Wildman–Crippen LogP) is 2.08. The van der Waals surface area contributed by atoms with E-state index in [0.717, 1.165) is 30.5 Å². The van der Waals surface area contributed by atoms with Crippen molar-refractivity contribution in [2.24, 2.45) is 5.41 Å². The number of carbonyl (C=O) groups excluding carboxylic acids is 1. The van der Waals surface area contributed by atoms with Crippen LogP contribution in [0.15, 0.2) is 18.3 Å². The van der Waals surface area contributed by atoms with Crippen LogP contribution in [0.25, 0.3) is 0 Å². The SMILES string of the molecule is CCC1(CO)CCN(C(=O)NCc2ncccc2C)CC1. The molecule has 0 aromatic carbocycles. The third-order valence-corrected chi connectivity index (χ3v) is 4.72. The van der Waals surface area contributed by atoms with E-state index in [0.29, 0.717) is 19.6 Å². The number of nitrogens with one attached hydrogen (secondary N) is 1. The van der Waals surface area contributed by atoms with E-state index in [1.807, 2.05) is 24.0 Å². The molecule has 1 aromatic rings. The van der Waals surface area contributed by atoms with Gasteiger partial charge in [0.05, 0.1) is 12.2 Å². The second-order valence-electron chi connectivity index (χ2n) is 5.92. The highest BCUT2D eigenvalue weighted by molar-refractivity contribution is 5.74. The predicted molar refractivity (Wildman–Crippen MR) is 81.8 cm³/mol. The molecule has 0 aliphatic carbocycles. The van der Waals surface area contributed by atoms with Gasteiger partial charge in [-0.05, 0) is 43.2 Å². The summed E-state index contributed by atoms with van der Waals surface area (Å²) in [7, 11) is 0. The number of amides is 2. The number of pyridine rings is 1. The van der Waals surface area contributed by atoms with Gasteiger partial charge in [0.1, 0.15) is 0 Å². The number of nitrogens with zero attached hydrogens (tertiary/aromatic N) is 2. The third-order valence-electron chi connectivity index (χ3n) is 4.72. The van der Waals surface area contributed by atoms with Gasteiger partial charge in [0.25, 0.3) is 0 Å². The van der Waals surface area contributed by atoms with E-state index in [1.54, 1.807) is 6.20 Å². The Morgan fingerprint density at radius 2 is 2.19 bits per heavy atom. The first-order valence-corrected chi connectivity index (χ1v) is 7.64. The summed E-state index contributed by atoms with van der Waals surface area (Å²) in [6, 6.07) is 3.85. The lowest BCUT2D eigenvalue weighted by Gasteiger charge is -2.40. The number of aliphatic hydroxyl groups excluding tert-OH is 1. The maximum absolute atomic E-state index is 12.2. The summed E-state index contributed by atoms with van der Waals surface area (Å²) in [6.07, 6.45) is 4.45. The molecular weight excluding hydrogens is 266 g/mol. The van der Waals surface area contributed by atoms with Crippen molar-refractivity contribution in [3.05, 3.63) is 29.6 Å². The van der Waals surface area contributed by atoms with Crippen LogP contribution >= 0.6 is 0 Å². The molecule has 1 aromatic heterocycles.